The van der Waals surface area contributed by atoms with Crippen molar-refractivity contribution in [1.29, 1.82) is 0 Å². The molecule has 0 saturated carbocycles. The summed E-state index contributed by atoms with van der Waals surface area (Å²) in [6.07, 6.45) is 0.581. The smallest absolute Gasteiger partial charge is 0.410 e. The lowest BCUT2D eigenvalue weighted by Crippen LogP contribution is -2.40. The van der Waals surface area contributed by atoms with Crippen molar-refractivity contribution >= 4 is 6.09 Å². The summed E-state index contributed by atoms with van der Waals surface area (Å²) >= 11 is 0. The highest BCUT2D eigenvalue weighted by atomic mass is 16.6. The number of rotatable bonds is 3. The standard InChI is InChI=1S/C24H23NO2/c1-18-11-13-21(14-12-18)23-22-10-6-5-9-20(22)15-16-25(23)24(26)27-17-19-7-3-2-4-8-19/h2-14,23H,15-17H2,1H3. The predicted molar refractivity (Wildman–Crippen MR) is 107 cm³/mol. The fourth-order valence-electron chi connectivity index (χ4n) is 3.67. The molecule has 0 aromatic heterocycles. The van der Waals surface area contributed by atoms with Crippen molar-refractivity contribution in [3.63, 3.8) is 0 Å². The Morgan fingerprint density at radius 2 is 1.67 bits per heavy atom. The first kappa shape index (κ1) is 17.3. The molecule has 0 radical (unpaired) electrons. The summed E-state index contributed by atoms with van der Waals surface area (Å²) in [4.78, 5) is 14.8. The van der Waals surface area contributed by atoms with Crippen LogP contribution in [0.4, 0.5) is 4.79 Å². The molecular weight excluding hydrogens is 334 g/mol. The van der Waals surface area contributed by atoms with E-state index in [1.807, 2.05) is 41.3 Å². The summed E-state index contributed by atoms with van der Waals surface area (Å²) in [5.41, 5.74) is 5.81. The third-order valence-corrected chi connectivity index (χ3v) is 5.12. The molecule has 3 aromatic rings. The Labute approximate surface area is 160 Å². The molecule has 0 aliphatic carbocycles. The quantitative estimate of drug-likeness (QED) is 0.638. The van der Waals surface area contributed by atoms with Crippen molar-refractivity contribution in [3.8, 4) is 0 Å². The molecule has 0 fully saturated rings. The largest absolute Gasteiger partial charge is 0.445 e. The van der Waals surface area contributed by atoms with Gasteiger partial charge in [-0.05, 0) is 35.6 Å². The van der Waals surface area contributed by atoms with Gasteiger partial charge in [0.15, 0.2) is 0 Å². The molecule has 0 N–H and O–H groups in total. The van der Waals surface area contributed by atoms with Gasteiger partial charge in [0.2, 0.25) is 0 Å². The molecule has 136 valence electrons. The molecule has 0 saturated heterocycles. The van der Waals surface area contributed by atoms with E-state index in [4.69, 9.17) is 4.74 Å². The average molecular weight is 357 g/mol. The van der Waals surface area contributed by atoms with Crippen LogP contribution in [0.1, 0.15) is 33.9 Å². The fourth-order valence-corrected chi connectivity index (χ4v) is 3.67. The summed E-state index contributed by atoms with van der Waals surface area (Å²) < 4.78 is 5.65. The van der Waals surface area contributed by atoms with Crippen molar-refractivity contribution in [3.05, 3.63) is 107 Å². The van der Waals surface area contributed by atoms with Gasteiger partial charge in [-0.3, -0.25) is 4.90 Å². The molecule has 1 aliphatic heterocycles. The van der Waals surface area contributed by atoms with E-state index >= 15 is 0 Å². The second-order valence-electron chi connectivity index (χ2n) is 7.00. The van der Waals surface area contributed by atoms with Crippen LogP contribution in [0.5, 0.6) is 0 Å². The van der Waals surface area contributed by atoms with Crippen molar-refractivity contribution < 1.29 is 9.53 Å². The van der Waals surface area contributed by atoms with Gasteiger partial charge in [-0.25, -0.2) is 4.79 Å². The summed E-state index contributed by atoms with van der Waals surface area (Å²) in [6.45, 7) is 3.02. The third kappa shape index (κ3) is 3.72. The molecule has 1 unspecified atom stereocenters. The number of nitrogens with zero attached hydrogens (tertiary/aromatic N) is 1. The fraction of sp³-hybridized carbons (Fsp3) is 0.208. The number of amides is 1. The molecule has 27 heavy (non-hydrogen) atoms. The van der Waals surface area contributed by atoms with Crippen molar-refractivity contribution in [2.75, 3.05) is 6.54 Å². The Hall–Kier alpha value is -3.07. The van der Waals surface area contributed by atoms with Crippen LogP contribution in [0, 0.1) is 6.92 Å². The van der Waals surface area contributed by atoms with Gasteiger partial charge in [0.25, 0.3) is 0 Å². The SMILES string of the molecule is Cc1ccc(C2c3ccccc3CCN2C(=O)OCc2ccccc2)cc1. The van der Waals surface area contributed by atoms with Crippen LogP contribution >= 0.6 is 0 Å². The Morgan fingerprint density at radius 1 is 0.963 bits per heavy atom. The van der Waals surface area contributed by atoms with Gasteiger partial charge in [0, 0.05) is 6.54 Å². The number of benzene rings is 3. The van der Waals surface area contributed by atoms with E-state index in [9.17, 15) is 4.79 Å². The van der Waals surface area contributed by atoms with Gasteiger partial charge in [0.1, 0.15) is 6.61 Å². The number of hydrogen-bond donors (Lipinski definition) is 0. The Morgan fingerprint density at radius 3 is 2.44 bits per heavy atom. The number of carbonyl (C=O) groups is 1. The molecule has 4 rings (SSSR count). The van der Waals surface area contributed by atoms with Crippen LogP contribution in [0.15, 0.2) is 78.9 Å². The van der Waals surface area contributed by atoms with E-state index in [0.717, 1.165) is 17.5 Å². The van der Waals surface area contributed by atoms with E-state index in [1.54, 1.807) is 0 Å². The molecule has 1 atom stereocenters. The first-order valence-corrected chi connectivity index (χ1v) is 9.34. The van der Waals surface area contributed by atoms with Crippen LogP contribution in [-0.4, -0.2) is 17.5 Å². The first-order chi connectivity index (χ1) is 13.2. The minimum atomic E-state index is -0.265. The number of ether oxygens (including phenoxy) is 1. The molecule has 3 nitrogen and oxygen atoms in total. The highest BCUT2D eigenvalue weighted by molar-refractivity contribution is 5.70. The zero-order chi connectivity index (χ0) is 18.6. The highest BCUT2D eigenvalue weighted by Crippen LogP contribution is 2.35. The van der Waals surface area contributed by atoms with E-state index in [0.29, 0.717) is 13.2 Å². The summed E-state index contributed by atoms with van der Waals surface area (Å²) in [6, 6.07) is 26.5. The van der Waals surface area contributed by atoms with Crippen molar-refractivity contribution in [1.82, 2.24) is 4.90 Å². The first-order valence-electron chi connectivity index (χ1n) is 9.34. The zero-order valence-electron chi connectivity index (χ0n) is 15.5. The maximum absolute atomic E-state index is 12.9. The Balaban J connectivity index is 1.62. The highest BCUT2D eigenvalue weighted by Gasteiger charge is 2.32. The molecule has 1 aliphatic rings. The van der Waals surface area contributed by atoms with Gasteiger partial charge in [-0.2, -0.15) is 0 Å². The molecule has 3 heteroatoms. The zero-order valence-corrected chi connectivity index (χ0v) is 15.5. The summed E-state index contributed by atoms with van der Waals surface area (Å²) in [7, 11) is 0. The molecule has 1 heterocycles. The topological polar surface area (TPSA) is 29.5 Å². The lowest BCUT2D eigenvalue weighted by molar-refractivity contribution is 0.0837. The molecule has 0 spiro atoms. The lowest BCUT2D eigenvalue weighted by atomic mass is 9.88. The van der Waals surface area contributed by atoms with E-state index < -0.39 is 0 Å². The number of carbonyl (C=O) groups excluding carboxylic acids is 1. The minimum Gasteiger partial charge on any atom is -0.445 e. The number of aryl methyl sites for hydroxylation is 1. The number of fused-ring (bicyclic) bond motifs is 1. The average Bonchev–Trinajstić information content (AvgIpc) is 2.72. The number of hydrogen-bond acceptors (Lipinski definition) is 2. The van der Waals surface area contributed by atoms with E-state index in [2.05, 4.69) is 49.4 Å². The Bertz CT molecular complexity index is 919. The molecule has 1 amide bonds. The van der Waals surface area contributed by atoms with Crippen LogP contribution in [-0.2, 0) is 17.8 Å². The molecule has 3 aromatic carbocycles. The van der Waals surface area contributed by atoms with Crippen LogP contribution in [0.2, 0.25) is 0 Å². The van der Waals surface area contributed by atoms with Gasteiger partial charge in [0.05, 0.1) is 6.04 Å². The summed E-state index contributed by atoms with van der Waals surface area (Å²) in [5, 5.41) is 0. The summed E-state index contributed by atoms with van der Waals surface area (Å²) in [5.74, 6) is 0. The van der Waals surface area contributed by atoms with Gasteiger partial charge >= 0.3 is 6.09 Å². The second kappa shape index (κ2) is 7.67. The second-order valence-corrected chi connectivity index (χ2v) is 7.00. The van der Waals surface area contributed by atoms with Gasteiger partial charge in [-0.1, -0.05) is 84.4 Å². The van der Waals surface area contributed by atoms with Crippen molar-refractivity contribution in [2.45, 2.75) is 26.0 Å². The van der Waals surface area contributed by atoms with Crippen LogP contribution in [0.3, 0.4) is 0 Å². The Kier molecular flexibility index (Phi) is 4.93. The predicted octanol–water partition coefficient (Wildman–Crippen LogP) is 5.28. The molecule has 0 bridgehead atoms. The van der Waals surface area contributed by atoms with Crippen molar-refractivity contribution in [2.24, 2.45) is 0 Å². The normalized spacial score (nSPS) is 15.9. The lowest BCUT2D eigenvalue weighted by Gasteiger charge is -2.37. The van der Waals surface area contributed by atoms with E-state index in [-0.39, 0.29) is 12.1 Å². The van der Waals surface area contributed by atoms with Crippen LogP contribution in [0.25, 0.3) is 0 Å². The maximum Gasteiger partial charge on any atom is 0.410 e. The van der Waals surface area contributed by atoms with Crippen LogP contribution < -0.4 is 0 Å². The third-order valence-electron chi connectivity index (χ3n) is 5.12. The minimum absolute atomic E-state index is 0.112. The monoisotopic (exact) mass is 357 g/mol. The maximum atomic E-state index is 12.9. The molecular formula is C24H23NO2. The van der Waals surface area contributed by atoms with E-state index in [1.165, 1.54) is 16.7 Å². The van der Waals surface area contributed by atoms with Gasteiger partial charge in [-0.15, -0.1) is 0 Å². The van der Waals surface area contributed by atoms with Gasteiger partial charge < -0.3 is 4.74 Å².